The molecule has 1 amide bonds. The van der Waals surface area contributed by atoms with Gasteiger partial charge in [0.15, 0.2) is 0 Å². The summed E-state index contributed by atoms with van der Waals surface area (Å²) >= 11 is 0. The zero-order chi connectivity index (χ0) is 17.5. The number of nitrogens with one attached hydrogen (secondary N) is 2. The summed E-state index contributed by atoms with van der Waals surface area (Å²) in [6.45, 7) is 4.26. The number of benzene rings is 2. The number of halogens is 1. The maximum absolute atomic E-state index is 12.8. The Bertz CT molecular complexity index is 804. The number of carbonyl (C=O) groups is 1. The minimum atomic E-state index is -0.476. The van der Waals surface area contributed by atoms with Gasteiger partial charge in [-0.3, -0.25) is 4.79 Å². The van der Waals surface area contributed by atoms with E-state index in [1.54, 1.807) is 12.1 Å². The third-order valence-electron chi connectivity index (χ3n) is 3.46. The Hall–Kier alpha value is -3.13. The van der Waals surface area contributed by atoms with Crippen LogP contribution in [-0.4, -0.2) is 5.91 Å². The largest absolute Gasteiger partial charge is 0.386 e. The number of hydrogen-bond acceptors (Lipinski definition) is 3. The molecule has 0 unspecified atom stereocenters. The Morgan fingerprint density at radius 2 is 1.92 bits per heavy atom. The van der Waals surface area contributed by atoms with Crippen molar-refractivity contribution in [3.63, 3.8) is 0 Å². The lowest BCUT2D eigenvalue weighted by atomic mass is 10.1. The lowest BCUT2D eigenvalue weighted by Gasteiger charge is -2.09. The predicted molar refractivity (Wildman–Crippen MR) is 91.5 cm³/mol. The molecule has 4 nitrogen and oxygen atoms in total. The van der Waals surface area contributed by atoms with Gasteiger partial charge < -0.3 is 10.6 Å². The van der Waals surface area contributed by atoms with Gasteiger partial charge in [0.1, 0.15) is 17.5 Å². The van der Waals surface area contributed by atoms with Crippen LogP contribution in [0.15, 0.2) is 54.2 Å². The molecule has 24 heavy (non-hydrogen) atoms. The zero-order valence-electron chi connectivity index (χ0n) is 13.6. The summed E-state index contributed by atoms with van der Waals surface area (Å²) in [5.74, 6) is -0.782. The molecular formula is C19H18FN3O. The van der Waals surface area contributed by atoms with Crippen LogP contribution in [0.25, 0.3) is 0 Å². The van der Waals surface area contributed by atoms with Crippen LogP contribution < -0.4 is 10.6 Å². The molecule has 0 heterocycles. The van der Waals surface area contributed by atoms with Gasteiger partial charge in [0.2, 0.25) is 0 Å². The summed E-state index contributed by atoms with van der Waals surface area (Å²) in [4.78, 5) is 12.2. The number of aryl methyl sites for hydroxylation is 2. The van der Waals surface area contributed by atoms with Crippen LogP contribution >= 0.6 is 0 Å². The average molecular weight is 323 g/mol. The first-order chi connectivity index (χ1) is 11.5. The summed E-state index contributed by atoms with van der Waals surface area (Å²) in [7, 11) is 0. The topological polar surface area (TPSA) is 64.9 Å². The fraction of sp³-hybridized carbons (Fsp3) is 0.158. The minimum Gasteiger partial charge on any atom is -0.386 e. The highest BCUT2D eigenvalue weighted by atomic mass is 19.1. The maximum Gasteiger partial charge on any atom is 0.267 e. The smallest absolute Gasteiger partial charge is 0.267 e. The summed E-state index contributed by atoms with van der Waals surface area (Å²) in [6, 6.07) is 13.5. The van der Waals surface area contributed by atoms with Gasteiger partial charge in [0, 0.05) is 18.4 Å². The normalized spacial score (nSPS) is 10.8. The third-order valence-corrected chi connectivity index (χ3v) is 3.46. The van der Waals surface area contributed by atoms with E-state index in [1.807, 2.05) is 38.1 Å². The van der Waals surface area contributed by atoms with Crippen molar-refractivity contribution in [3.05, 3.63) is 76.7 Å². The number of hydrogen-bond donors (Lipinski definition) is 2. The van der Waals surface area contributed by atoms with Crippen molar-refractivity contribution in [2.75, 3.05) is 5.32 Å². The Balaban J connectivity index is 2.00. The number of amides is 1. The van der Waals surface area contributed by atoms with Gasteiger partial charge in [0.25, 0.3) is 5.91 Å². The number of rotatable bonds is 5. The van der Waals surface area contributed by atoms with Crippen molar-refractivity contribution >= 4 is 11.6 Å². The molecule has 0 atom stereocenters. The molecule has 2 aromatic rings. The molecular weight excluding hydrogens is 305 g/mol. The van der Waals surface area contributed by atoms with Gasteiger partial charge in [-0.25, -0.2) is 4.39 Å². The fourth-order valence-corrected chi connectivity index (χ4v) is 2.17. The van der Waals surface area contributed by atoms with Crippen molar-refractivity contribution in [2.45, 2.75) is 20.4 Å². The van der Waals surface area contributed by atoms with Crippen LogP contribution in [0.5, 0.6) is 0 Å². The molecule has 0 fully saturated rings. The lowest BCUT2D eigenvalue weighted by molar-refractivity contribution is -0.112. The highest BCUT2D eigenvalue weighted by Crippen LogP contribution is 2.16. The maximum atomic E-state index is 12.8. The summed E-state index contributed by atoms with van der Waals surface area (Å²) in [5.41, 5.74) is 3.52. The molecule has 2 rings (SSSR count). The van der Waals surface area contributed by atoms with Crippen LogP contribution in [0.3, 0.4) is 0 Å². The Labute approximate surface area is 140 Å². The number of nitriles is 1. The van der Waals surface area contributed by atoms with E-state index in [2.05, 4.69) is 10.6 Å². The third kappa shape index (κ3) is 4.68. The van der Waals surface area contributed by atoms with Crippen LogP contribution in [0.1, 0.15) is 16.7 Å². The van der Waals surface area contributed by atoms with Gasteiger partial charge in [-0.1, -0.05) is 29.8 Å². The Morgan fingerprint density at radius 1 is 1.21 bits per heavy atom. The summed E-state index contributed by atoms with van der Waals surface area (Å²) in [5, 5.41) is 14.8. The van der Waals surface area contributed by atoms with E-state index < -0.39 is 5.91 Å². The molecule has 2 aromatic carbocycles. The molecule has 0 bridgehead atoms. The van der Waals surface area contributed by atoms with Gasteiger partial charge in [-0.15, -0.1) is 0 Å². The summed E-state index contributed by atoms with van der Waals surface area (Å²) < 4.78 is 12.8. The van der Waals surface area contributed by atoms with E-state index in [1.165, 1.54) is 18.3 Å². The molecule has 0 aliphatic rings. The second-order valence-electron chi connectivity index (χ2n) is 5.45. The molecule has 0 aromatic heterocycles. The average Bonchev–Trinajstić information content (AvgIpc) is 2.56. The number of anilines is 1. The van der Waals surface area contributed by atoms with Crippen molar-refractivity contribution < 1.29 is 9.18 Å². The Kier molecular flexibility index (Phi) is 5.69. The molecule has 0 spiro atoms. The first-order valence-corrected chi connectivity index (χ1v) is 7.46. The molecule has 0 saturated carbocycles. The Morgan fingerprint density at radius 3 is 2.54 bits per heavy atom. The summed E-state index contributed by atoms with van der Waals surface area (Å²) in [6.07, 6.45) is 1.36. The van der Waals surface area contributed by atoms with Crippen molar-refractivity contribution in [3.8, 4) is 6.07 Å². The fourth-order valence-electron chi connectivity index (χ4n) is 2.17. The van der Waals surface area contributed by atoms with Crippen LogP contribution in [0.2, 0.25) is 0 Å². The number of carbonyl (C=O) groups excluding carboxylic acids is 1. The molecule has 0 saturated heterocycles. The monoisotopic (exact) mass is 323 g/mol. The SMILES string of the molecule is Cc1ccc(NC(=O)/C(C#N)=C\NCc2ccc(F)cc2)c(C)c1. The van der Waals surface area contributed by atoms with Crippen molar-refractivity contribution in [1.82, 2.24) is 5.32 Å². The second kappa shape index (κ2) is 7.93. The zero-order valence-corrected chi connectivity index (χ0v) is 13.6. The van der Waals surface area contributed by atoms with Crippen molar-refractivity contribution in [1.29, 1.82) is 5.26 Å². The van der Waals surface area contributed by atoms with E-state index >= 15 is 0 Å². The van der Waals surface area contributed by atoms with E-state index in [-0.39, 0.29) is 11.4 Å². The molecule has 0 radical (unpaired) electrons. The highest BCUT2D eigenvalue weighted by Gasteiger charge is 2.10. The van der Waals surface area contributed by atoms with Crippen LogP contribution in [-0.2, 0) is 11.3 Å². The molecule has 122 valence electrons. The van der Waals surface area contributed by atoms with Gasteiger partial charge in [-0.05, 0) is 43.2 Å². The van der Waals surface area contributed by atoms with Gasteiger partial charge >= 0.3 is 0 Å². The quantitative estimate of drug-likeness (QED) is 0.653. The van der Waals surface area contributed by atoms with E-state index in [0.29, 0.717) is 12.2 Å². The standard InChI is InChI=1S/C19H18FN3O/c1-13-3-8-18(14(2)9-13)23-19(24)16(10-21)12-22-11-15-4-6-17(20)7-5-15/h3-9,12,22H,11H2,1-2H3,(H,23,24)/b16-12-. The van der Waals surface area contributed by atoms with E-state index in [9.17, 15) is 9.18 Å². The molecule has 0 aliphatic heterocycles. The predicted octanol–water partition coefficient (Wildman–Crippen LogP) is 3.58. The molecule has 0 aliphatic carbocycles. The first-order valence-electron chi connectivity index (χ1n) is 7.46. The molecule has 5 heteroatoms. The van der Waals surface area contributed by atoms with E-state index in [0.717, 1.165) is 16.7 Å². The lowest BCUT2D eigenvalue weighted by Crippen LogP contribution is -2.17. The van der Waals surface area contributed by atoms with Crippen molar-refractivity contribution in [2.24, 2.45) is 0 Å². The number of nitrogens with zero attached hydrogens (tertiary/aromatic N) is 1. The van der Waals surface area contributed by atoms with E-state index in [4.69, 9.17) is 5.26 Å². The van der Waals surface area contributed by atoms with Gasteiger partial charge in [-0.2, -0.15) is 5.26 Å². The van der Waals surface area contributed by atoms with Crippen LogP contribution in [0, 0.1) is 31.0 Å². The first kappa shape index (κ1) is 17.2. The highest BCUT2D eigenvalue weighted by molar-refractivity contribution is 6.06. The molecule has 2 N–H and O–H groups in total. The van der Waals surface area contributed by atoms with Gasteiger partial charge in [0.05, 0.1) is 0 Å². The second-order valence-corrected chi connectivity index (χ2v) is 5.45. The minimum absolute atomic E-state index is 0.0305. The van der Waals surface area contributed by atoms with Crippen LogP contribution in [0.4, 0.5) is 10.1 Å².